The van der Waals surface area contributed by atoms with Crippen molar-refractivity contribution < 1.29 is 24.6 Å². The Morgan fingerprint density at radius 2 is 2.47 bits per heavy atom. The number of carbonyl (C=O) groups is 1. The summed E-state index contributed by atoms with van der Waals surface area (Å²) in [5.74, 6) is -0.719. The molecule has 0 bridgehead atoms. The molecule has 0 aliphatic carbocycles. The lowest BCUT2D eigenvalue weighted by molar-refractivity contribution is -0.145. The number of aliphatic hydroxyl groups excluding tert-OH is 1. The number of aliphatic hydroxyl groups is 1. The van der Waals surface area contributed by atoms with E-state index in [9.17, 15) is 4.79 Å². The molecule has 7 nitrogen and oxygen atoms in total. The van der Waals surface area contributed by atoms with Crippen molar-refractivity contribution in [1.29, 1.82) is 0 Å². The maximum atomic E-state index is 11.4. The maximum Gasteiger partial charge on any atom is 0.278 e. The minimum absolute atomic E-state index is 0.0165. The Balaban J connectivity index is 2.62. The van der Waals surface area contributed by atoms with Crippen molar-refractivity contribution in [2.24, 2.45) is 0 Å². The van der Waals surface area contributed by atoms with Crippen molar-refractivity contribution in [3.8, 4) is 0 Å². The second kappa shape index (κ2) is 7.30. The molecule has 1 heterocycles. The molecule has 0 aromatic carbocycles. The summed E-state index contributed by atoms with van der Waals surface area (Å²) in [5, 5.41) is 19.1. The van der Waals surface area contributed by atoms with Crippen LogP contribution >= 0.6 is 11.3 Å². The molecule has 1 aromatic rings. The Kier molecular flexibility index (Phi) is 6.01. The number of ether oxygens (including phenoxy) is 2. The highest BCUT2D eigenvalue weighted by atomic mass is 32.1. The zero-order valence-corrected chi connectivity index (χ0v) is 10.0. The Morgan fingerprint density at radius 3 is 2.94 bits per heavy atom. The third-order valence-electron chi connectivity index (χ3n) is 2.05. The average molecular weight is 262 g/mol. The normalized spacial score (nSPS) is 14.3. The summed E-state index contributed by atoms with van der Waals surface area (Å²) in [6.45, 7) is -0.205. The van der Waals surface area contributed by atoms with Gasteiger partial charge >= 0.3 is 0 Å². The quantitative estimate of drug-likeness (QED) is 0.461. The van der Waals surface area contributed by atoms with Crippen LogP contribution in [0.15, 0.2) is 10.9 Å². The van der Waals surface area contributed by atoms with E-state index in [1.807, 2.05) is 0 Å². The Hall–Kier alpha value is -1.06. The molecule has 0 saturated heterocycles. The zero-order valence-electron chi connectivity index (χ0n) is 9.20. The second-order valence-corrected chi connectivity index (χ2v) is 3.86. The average Bonchev–Trinajstić information content (AvgIpc) is 2.87. The first-order chi connectivity index (χ1) is 8.22. The van der Waals surface area contributed by atoms with Crippen molar-refractivity contribution in [1.82, 2.24) is 10.5 Å². The number of hydroxylamine groups is 1. The molecule has 0 radical (unpaired) electrons. The summed E-state index contributed by atoms with van der Waals surface area (Å²) in [4.78, 5) is 15.3. The number of hydrogen-bond acceptors (Lipinski definition) is 7. The van der Waals surface area contributed by atoms with Gasteiger partial charge in [0.15, 0.2) is 6.10 Å². The molecule has 0 fully saturated rings. The number of amides is 1. The van der Waals surface area contributed by atoms with Crippen molar-refractivity contribution in [2.75, 3.05) is 20.3 Å². The van der Waals surface area contributed by atoms with Crippen molar-refractivity contribution in [3.05, 3.63) is 16.6 Å². The number of nitrogens with zero attached hydrogens (tertiary/aromatic N) is 1. The summed E-state index contributed by atoms with van der Waals surface area (Å²) in [7, 11) is 1.42. The third-order valence-corrected chi connectivity index (χ3v) is 2.66. The van der Waals surface area contributed by atoms with Crippen LogP contribution in [0.4, 0.5) is 0 Å². The highest BCUT2D eigenvalue weighted by Gasteiger charge is 2.24. The molecule has 17 heavy (non-hydrogen) atoms. The third kappa shape index (κ3) is 4.02. The van der Waals surface area contributed by atoms with E-state index in [2.05, 4.69) is 4.98 Å². The van der Waals surface area contributed by atoms with Crippen molar-refractivity contribution in [2.45, 2.75) is 12.2 Å². The molecule has 8 heteroatoms. The fourth-order valence-electron chi connectivity index (χ4n) is 1.10. The number of hydrogen-bond donors (Lipinski definition) is 3. The van der Waals surface area contributed by atoms with Crippen LogP contribution in [-0.4, -0.2) is 47.6 Å². The van der Waals surface area contributed by atoms with Gasteiger partial charge in [0.1, 0.15) is 6.10 Å². The van der Waals surface area contributed by atoms with Gasteiger partial charge in [0.2, 0.25) is 0 Å². The molecule has 1 amide bonds. The lowest BCUT2D eigenvalue weighted by Gasteiger charge is -2.17. The predicted molar refractivity (Wildman–Crippen MR) is 58.6 cm³/mol. The van der Waals surface area contributed by atoms with Crippen LogP contribution in [0.3, 0.4) is 0 Å². The number of aromatic nitrogens is 1. The van der Waals surface area contributed by atoms with Gasteiger partial charge in [0.25, 0.3) is 5.91 Å². The minimum Gasteiger partial charge on any atom is -0.394 e. The monoisotopic (exact) mass is 262 g/mol. The van der Waals surface area contributed by atoms with E-state index in [1.54, 1.807) is 10.9 Å². The minimum atomic E-state index is -1.02. The highest BCUT2D eigenvalue weighted by Crippen LogP contribution is 2.17. The SMILES string of the molecule is CO[C@@H](CO)COC(C(=O)NO)c1cscn1. The van der Waals surface area contributed by atoms with Gasteiger partial charge in [-0.15, -0.1) is 11.3 Å². The van der Waals surface area contributed by atoms with E-state index in [0.29, 0.717) is 5.69 Å². The molecule has 3 N–H and O–H groups in total. The molecule has 96 valence electrons. The standard InChI is InChI=1S/C9H14N2O5S/c1-15-6(2-12)3-16-8(9(13)11-14)7-4-17-5-10-7/h4-6,8,12,14H,2-3H2,1H3,(H,11,13)/t6-,8?/m0/s1. The molecule has 0 aliphatic heterocycles. The molecule has 1 aromatic heterocycles. The van der Waals surface area contributed by atoms with Crippen LogP contribution in [0.5, 0.6) is 0 Å². The summed E-state index contributed by atoms with van der Waals surface area (Å²) >= 11 is 1.31. The zero-order chi connectivity index (χ0) is 12.7. The molecule has 2 atom stereocenters. The number of methoxy groups -OCH3 is 1. The highest BCUT2D eigenvalue weighted by molar-refractivity contribution is 7.07. The van der Waals surface area contributed by atoms with E-state index in [4.69, 9.17) is 19.8 Å². The Morgan fingerprint density at radius 1 is 1.71 bits per heavy atom. The number of nitrogens with one attached hydrogen (secondary N) is 1. The number of rotatable bonds is 7. The molecule has 1 rings (SSSR count). The van der Waals surface area contributed by atoms with Gasteiger partial charge in [0.05, 0.1) is 24.4 Å². The smallest absolute Gasteiger partial charge is 0.278 e. The first-order valence-electron chi connectivity index (χ1n) is 4.80. The molecule has 0 aliphatic rings. The van der Waals surface area contributed by atoms with Gasteiger partial charge < -0.3 is 14.6 Å². The van der Waals surface area contributed by atoms with Crippen LogP contribution in [0.25, 0.3) is 0 Å². The van der Waals surface area contributed by atoms with Crippen LogP contribution in [0.2, 0.25) is 0 Å². The van der Waals surface area contributed by atoms with E-state index >= 15 is 0 Å². The van der Waals surface area contributed by atoms with Crippen molar-refractivity contribution in [3.63, 3.8) is 0 Å². The number of thiazole rings is 1. The lowest BCUT2D eigenvalue weighted by atomic mass is 10.2. The summed E-state index contributed by atoms with van der Waals surface area (Å²) in [5.41, 5.74) is 3.46. The lowest BCUT2D eigenvalue weighted by Crippen LogP contribution is -2.32. The van der Waals surface area contributed by atoms with E-state index < -0.39 is 18.1 Å². The Bertz CT molecular complexity index is 328. The summed E-state index contributed by atoms with van der Waals surface area (Å²) < 4.78 is 10.2. The first kappa shape index (κ1) is 14.0. The molecular weight excluding hydrogens is 248 g/mol. The van der Waals surface area contributed by atoms with Gasteiger partial charge in [-0.2, -0.15) is 0 Å². The van der Waals surface area contributed by atoms with Gasteiger partial charge in [-0.1, -0.05) is 0 Å². The van der Waals surface area contributed by atoms with Crippen LogP contribution < -0.4 is 5.48 Å². The number of carbonyl (C=O) groups excluding carboxylic acids is 1. The van der Waals surface area contributed by atoms with Crippen LogP contribution in [0, 0.1) is 0 Å². The van der Waals surface area contributed by atoms with Gasteiger partial charge in [0, 0.05) is 12.5 Å². The van der Waals surface area contributed by atoms with E-state index in [1.165, 1.54) is 23.9 Å². The summed E-state index contributed by atoms with van der Waals surface area (Å²) in [6, 6.07) is 0. The Labute approximate surface area is 102 Å². The van der Waals surface area contributed by atoms with E-state index in [0.717, 1.165) is 0 Å². The van der Waals surface area contributed by atoms with E-state index in [-0.39, 0.29) is 13.2 Å². The fourth-order valence-corrected chi connectivity index (χ4v) is 1.67. The maximum absolute atomic E-state index is 11.4. The molecular formula is C9H14N2O5S. The predicted octanol–water partition coefficient (Wildman–Crippen LogP) is -0.287. The van der Waals surface area contributed by atoms with Crippen LogP contribution in [0.1, 0.15) is 11.8 Å². The van der Waals surface area contributed by atoms with Crippen molar-refractivity contribution >= 4 is 17.2 Å². The topological polar surface area (TPSA) is 101 Å². The van der Waals surface area contributed by atoms with Gasteiger partial charge in [-0.3, -0.25) is 10.0 Å². The second-order valence-electron chi connectivity index (χ2n) is 3.14. The largest absolute Gasteiger partial charge is 0.394 e. The first-order valence-corrected chi connectivity index (χ1v) is 5.74. The van der Waals surface area contributed by atoms with Crippen LogP contribution in [-0.2, 0) is 14.3 Å². The molecule has 0 saturated carbocycles. The molecule has 1 unspecified atom stereocenters. The summed E-state index contributed by atoms with van der Waals surface area (Å²) in [6.07, 6.45) is -1.54. The van der Waals surface area contributed by atoms with Gasteiger partial charge in [-0.25, -0.2) is 10.5 Å². The van der Waals surface area contributed by atoms with Gasteiger partial charge in [-0.05, 0) is 0 Å². The fraction of sp³-hybridized carbons (Fsp3) is 0.556. The molecule has 0 spiro atoms.